The first-order valence-electron chi connectivity index (χ1n) is 10.3. The zero-order valence-electron chi connectivity index (χ0n) is 18.5. The molecule has 0 spiro atoms. The van der Waals surface area contributed by atoms with Crippen LogP contribution >= 0.6 is 0 Å². The molecule has 0 amide bonds. The van der Waals surface area contributed by atoms with Gasteiger partial charge in [0.2, 0.25) is 0 Å². The summed E-state index contributed by atoms with van der Waals surface area (Å²) in [6.07, 6.45) is 1.63. The Kier molecular flexibility index (Phi) is 5.56. The minimum atomic E-state index is -0.651. The van der Waals surface area contributed by atoms with Crippen LogP contribution in [-0.4, -0.2) is 26.1 Å². The van der Waals surface area contributed by atoms with E-state index >= 15 is 0 Å². The number of aromatic amines is 1. The zero-order valence-corrected chi connectivity index (χ0v) is 18.5. The van der Waals surface area contributed by atoms with Crippen LogP contribution in [0.2, 0.25) is 0 Å². The molecule has 0 bridgehead atoms. The number of aromatic hydroxyl groups is 1. The van der Waals surface area contributed by atoms with Crippen LogP contribution in [0.5, 0.6) is 5.75 Å². The Morgan fingerprint density at radius 1 is 1.15 bits per heavy atom. The molecule has 0 aliphatic carbocycles. The lowest BCUT2D eigenvalue weighted by Crippen LogP contribution is -2.16. The third-order valence-electron chi connectivity index (χ3n) is 5.40. The molecule has 0 unspecified atom stereocenters. The number of fused-ring (bicyclic) bond motifs is 1. The van der Waals surface area contributed by atoms with E-state index in [4.69, 9.17) is 5.41 Å². The number of aryl methyl sites for hydroxylation is 1. The summed E-state index contributed by atoms with van der Waals surface area (Å²) in [5.74, 6) is 5.94. The molecule has 7 nitrogen and oxygen atoms in total. The largest absolute Gasteiger partial charge is 0.506 e. The van der Waals surface area contributed by atoms with E-state index in [2.05, 4.69) is 38.4 Å². The maximum atomic E-state index is 10.9. The fraction of sp³-hybridized carbons (Fsp3) is 0.154. The third kappa shape index (κ3) is 4.39. The molecular formula is C26H22N6O. The van der Waals surface area contributed by atoms with Crippen molar-refractivity contribution in [2.75, 3.05) is 5.32 Å². The summed E-state index contributed by atoms with van der Waals surface area (Å²) in [6.45, 7) is 5.53. The molecule has 0 saturated heterocycles. The molecule has 33 heavy (non-hydrogen) atoms. The third-order valence-corrected chi connectivity index (χ3v) is 5.40. The highest BCUT2D eigenvalue weighted by Crippen LogP contribution is 2.28. The van der Waals surface area contributed by atoms with Crippen LogP contribution < -0.4 is 5.32 Å². The molecule has 0 aliphatic rings. The van der Waals surface area contributed by atoms with E-state index in [0.29, 0.717) is 28.0 Å². The van der Waals surface area contributed by atoms with Gasteiger partial charge in [-0.2, -0.15) is 10.4 Å². The minimum Gasteiger partial charge on any atom is -0.506 e. The molecule has 4 aromatic rings. The van der Waals surface area contributed by atoms with Gasteiger partial charge in [-0.15, -0.1) is 0 Å². The van der Waals surface area contributed by atoms with Crippen LogP contribution in [0.1, 0.15) is 41.8 Å². The lowest BCUT2D eigenvalue weighted by atomic mass is 9.86. The Morgan fingerprint density at radius 2 is 1.97 bits per heavy atom. The van der Waals surface area contributed by atoms with Gasteiger partial charge in [0.1, 0.15) is 22.8 Å². The molecule has 4 rings (SSSR count). The van der Waals surface area contributed by atoms with Gasteiger partial charge in [-0.3, -0.25) is 10.5 Å². The number of phenolic OH excluding ortho intramolecular Hbond substituents is 1. The second-order valence-corrected chi connectivity index (χ2v) is 8.22. The van der Waals surface area contributed by atoms with Crippen molar-refractivity contribution in [1.82, 2.24) is 15.2 Å². The molecule has 7 heteroatoms. The number of rotatable bonds is 3. The Morgan fingerprint density at radius 3 is 2.76 bits per heavy atom. The number of hydrogen-bond acceptors (Lipinski definition) is 5. The maximum absolute atomic E-state index is 10.9. The van der Waals surface area contributed by atoms with E-state index in [1.54, 1.807) is 18.3 Å². The molecule has 0 saturated carbocycles. The summed E-state index contributed by atoms with van der Waals surface area (Å²) in [5, 5.41) is 38.6. The average Bonchev–Trinajstić information content (AvgIpc) is 3.27. The number of amidine groups is 1. The monoisotopic (exact) mass is 434 g/mol. The number of hydrogen-bond donors (Lipinski definition) is 4. The van der Waals surface area contributed by atoms with E-state index in [9.17, 15) is 10.4 Å². The van der Waals surface area contributed by atoms with Crippen LogP contribution in [0, 0.1) is 35.5 Å². The van der Waals surface area contributed by atoms with Gasteiger partial charge in [0.15, 0.2) is 0 Å². The van der Waals surface area contributed by atoms with Crippen LogP contribution in [0.3, 0.4) is 0 Å². The highest BCUT2D eigenvalue weighted by atomic mass is 16.3. The number of nitrogens with zero attached hydrogens (tertiary/aromatic N) is 3. The summed E-state index contributed by atoms with van der Waals surface area (Å²) in [5.41, 5.74) is 4.49. The van der Waals surface area contributed by atoms with Gasteiger partial charge in [0.05, 0.1) is 34.3 Å². The van der Waals surface area contributed by atoms with Gasteiger partial charge in [-0.1, -0.05) is 24.1 Å². The molecule has 2 heterocycles. The van der Waals surface area contributed by atoms with Gasteiger partial charge < -0.3 is 10.4 Å². The van der Waals surface area contributed by atoms with Gasteiger partial charge in [-0.05, 0) is 68.2 Å². The van der Waals surface area contributed by atoms with Crippen LogP contribution in [0.4, 0.5) is 5.69 Å². The van der Waals surface area contributed by atoms with Crippen molar-refractivity contribution < 1.29 is 5.11 Å². The summed E-state index contributed by atoms with van der Waals surface area (Å²) in [4.78, 5) is 4.43. The van der Waals surface area contributed by atoms with E-state index in [-0.39, 0.29) is 11.6 Å². The van der Waals surface area contributed by atoms with Gasteiger partial charge in [0.25, 0.3) is 0 Å². The van der Waals surface area contributed by atoms with E-state index < -0.39 is 5.41 Å². The van der Waals surface area contributed by atoms with E-state index in [1.165, 1.54) is 0 Å². The number of nitriles is 1. The Hall–Kier alpha value is -4.62. The first kappa shape index (κ1) is 21.6. The number of H-pyrrole nitrogens is 1. The number of benzene rings is 2. The SMILES string of the molecule is Cc1ccc(C(=N)Nc2cccc(C(C)(C)C#N)c2)c(O)c1C#Cc1ccc2[nH]ncc2n1. The Bertz CT molecular complexity index is 1480. The normalized spacial score (nSPS) is 10.8. The lowest BCUT2D eigenvalue weighted by molar-refractivity contribution is 0.472. The molecule has 0 atom stereocenters. The van der Waals surface area contributed by atoms with E-state index in [0.717, 1.165) is 16.6 Å². The van der Waals surface area contributed by atoms with Crippen molar-refractivity contribution in [1.29, 1.82) is 10.7 Å². The number of phenols is 1. The summed E-state index contributed by atoms with van der Waals surface area (Å²) < 4.78 is 0. The average molecular weight is 435 g/mol. The van der Waals surface area contributed by atoms with E-state index in [1.807, 2.05) is 57.2 Å². The molecule has 4 N–H and O–H groups in total. The van der Waals surface area contributed by atoms with Crippen molar-refractivity contribution in [3.05, 3.63) is 82.7 Å². The highest BCUT2D eigenvalue weighted by Gasteiger charge is 2.20. The van der Waals surface area contributed by atoms with Crippen LogP contribution in [0.15, 0.2) is 54.7 Å². The fourth-order valence-corrected chi connectivity index (χ4v) is 3.34. The first-order valence-corrected chi connectivity index (χ1v) is 10.3. The van der Waals surface area contributed by atoms with Crippen LogP contribution in [-0.2, 0) is 5.41 Å². The smallest absolute Gasteiger partial charge is 0.142 e. The van der Waals surface area contributed by atoms with Gasteiger partial charge in [0, 0.05) is 5.69 Å². The van der Waals surface area contributed by atoms with Gasteiger partial charge >= 0.3 is 0 Å². The van der Waals surface area contributed by atoms with Crippen molar-refractivity contribution in [3.8, 4) is 23.7 Å². The number of anilines is 1. The maximum Gasteiger partial charge on any atom is 0.142 e. The number of pyridine rings is 1. The van der Waals surface area contributed by atoms with Gasteiger partial charge in [-0.25, -0.2) is 4.98 Å². The molecule has 0 radical (unpaired) electrons. The fourth-order valence-electron chi connectivity index (χ4n) is 3.34. The van der Waals surface area contributed by atoms with Crippen molar-refractivity contribution in [3.63, 3.8) is 0 Å². The predicted octanol–water partition coefficient (Wildman–Crippen LogP) is 4.61. The molecule has 2 aromatic heterocycles. The van der Waals surface area contributed by atoms with Crippen LogP contribution in [0.25, 0.3) is 11.0 Å². The standard InChI is InChI=1S/C26H22N6O/c1-16-7-10-21(25(28)31-19-6-4-5-17(13-19)26(2,3)15-27)24(33)20(16)11-8-18-9-12-22-23(30-18)14-29-32-22/h4-7,9-10,12-14,33H,1-3H3,(H2,28,31)(H,29,32). The predicted molar refractivity (Wildman–Crippen MR) is 128 cm³/mol. The second-order valence-electron chi connectivity index (χ2n) is 8.22. The molecular weight excluding hydrogens is 412 g/mol. The molecule has 2 aromatic carbocycles. The summed E-state index contributed by atoms with van der Waals surface area (Å²) >= 11 is 0. The molecule has 162 valence electrons. The van der Waals surface area contributed by atoms with Crippen molar-refractivity contribution >= 4 is 22.6 Å². The second kappa shape index (κ2) is 8.49. The van der Waals surface area contributed by atoms with Crippen molar-refractivity contribution in [2.45, 2.75) is 26.2 Å². The topological polar surface area (TPSA) is 121 Å². The first-order chi connectivity index (χ1) is 15.8. The van der Waals surface area contributed by atoms with Crippen molar-refractivity contribution in [2.24, 2.45) is 0 Å². The number of aromatic nitrogens is 3. The quantitative estimate of drug-likeness (QED) is 0.213. The summed E-state index contributed by atoms with van der Waals surface area (Å²) in [6, 6.07) is 16.8. The Labute approximate surface area is 191 Å². The number of nitrogens with one attached hydrogen (secondary N) is 3. The molecule has 0 fully saturated rings. The minimum absolute atomic E-state index is 0.0282. The summed E-state index contributed by atoms with van der Waals surface area (Å²) in [7, 11) is 0. The molecule has 0 aliphatic heterocycles. The lowest BCUT2D eigenvalue weighted by Gasteiger charge is -2.18. The Balaban J connectivity index is 1.63. The highest BCUT2D eigenvalue weighted by molar-refractivity contribution is 6.08. The zero-order chi connectivity index (χ0) is 23.6.